The summed E-state index contributed by atoms with van der Waals surface area (Å²) in [7, 11) is 0. The first-order valence-electron chi connectivity index (χ1n) is 0.748. The summed E-state index contributed by atoms with van der Waals surface area (Å²) in [6.45, 7) is 0. The fraction of sp³-hybridized carbons (Fsp3) is 0. The summed E-state index contributed by atoms with van der Waals surface area (Å²) in [4.78, 5) is 0. The van der Waals surface area contributed by atoms with Crippen molar-refractivity contribution in [1.29, 1.82) is 0 Å². The van der Waals surface area contributed by atoms with E-state index in [9.17, 15) is 0 Å². The van der Waals surface area contributed by atoms with Crippen LogP contribution in [0.15, 0.2) is 0 Å². The molecular formula is H3AsCaO5. The van der Waals surface area contributed by atoms with Crippen LogP contribution in [-0.2, 0) is 3.74 Å². The molecule has 0 radical (unpaired) electrons. The third-order valence-corrected chi connectivity index (χ3v) is 0. The minimum Gasteiger partial charge on any atom is 2.00 e. The van der Waals surface area contributed by atoms with Gasteiger partial charge in [-0.25, -0.2) is 0 Å². The van der Waals surface area contributed by atoms with Crippen molar-refractivity contribution >= 4 is 52.3 Å². The molecule has 0 aliphatic heterocycles. The van der Waals surface area contributed by atoms with E-state index in [-0.39, 0.29) is 43.2 Å². The van der Waals surface area contributed by atoms with Gasteiger partial charge in [-0.1, -0.05) is 0 Å². The number of rotatable bonds is 0. The molecule has 0 aliphatic carbocycles. The summed E-state index contributed by atoms with van der Waals surface area (Å²) >= 11 is -5.62. The summed E-state index contributed by atoms with van der Waals surface area (Å²) in [6, 6.07) is 0. The molecule has 7 heavy (non-hydrogen) atoms. The van der Waals surface area contributed by atoms with Gasteiger partial charge in [-0.15, -0.1) is 0 Å². The van der Waals surface area contributed by atoms with Crippen molar-refractivity contribution in [3.05, 3.63) is 0 Å². The van der Waals surface area contributed by atoms with E-state index >= 15 is 0 Å². The summed E-state index contributed by atoms with van der Waals surface area (Å²) in [6.07, 6.45) is 0. The minimum atomic E-state index is -5.62. The van der Waals surface area contributed by atoms with Gasteiger partial charge in [-0.05, 0) is 0 Å². The number of hydrogen-bond acceptors (Lipinski definition) is 3. The molecule has 3 N–H and O–H groups in total. The molecule has 0 saturated heterocycles. The Morgan fingerprint density at radius 3 is 1.43 bits per heavy atom. The molecule has 0 fully saturated rings. The molecular weight excluding hydrogens is 195 g/mol. The zero-order chi connectivity index (χ0) is 4.50. The van der Waals surface area contributed by atoms with Gasteiger partial charge >= 0.3 is 68.3 Å². The van der Waals surface area contributed by atoms with Gasteiger partial charge in [0.2, 0.25) is 0 Å². The Kier molecular flexibility index (Phi) is 12.6. The summed E-state index contributed by atoms with van der Waals surface area (Å²) in [5.41, 5.74) is 0. The van der Waals surface area contributed by atoms with Gasteiger partial charge in [0, 0.05) is 0 Å². The van der Waals surface area contributed by atoms with Gasteiger partial charge in [0.05, 0.1) is 0 Å². The van der Waals surface area contributed by atoms with Crippen molar-refractivity contribution in [3.63, 3.8) is 0 Å². The summed E-state index contributed by atoms with van der Waals surface area (Å²) in [5.74, 6) is 0. The third kappa shape index (κ3) is 104. The maximum Gasteiger partial charge on any atom is 2.00 e. The van der Waals surface area contributed by atoms with Gasteiger partial charge in [0.25, 0.3) is 0 Å². The van der Waals surface area contributed by atoms with Crippen LogP contribution in [0.1, 0.15) is 0 Å². The van der Waals surface area contributed by atoms with Gasteiger partial charge in [-0.2, -0.15) is 0 Å². The molecule has 0 aliphatic rings. The molecule has 7 heteroatoms. The Hall–Kier alpha value is 1.46. The van der Waals surface area contributed by atoms with Crippen molar-refractivity contribution in [1.82, 2.24) is 0 Å². The van der Waals surface area contributed by atoms with Gasteiger partial charge in [-0.3, -0.25) is 0 Å². The predicted octanol–water partition coefficient (Wildman–Crippen LogP) is -4.64. The van der Waals surface area contributed by atoms with Crippen LogP contribution in [-0.4, -0.2) is 61.8 Å². The smallest absolute Gasteiger partial charge is 2.00 e. The molecule has 0 bridgehead atoms. The van der Waals surface area contributed by atoms with Crippen molar-refractivity contribution in [2.75, 3.05) is 0 Å². The van der Waals surface area contributed by atoms with E-state index in [1.165, 1.54) is 0 Å². The molecule has 0 unspecified atom stereocenters. The van der Waals surface area contributed by atoms with Gasteiger partial charge in [0.1, 0.15) is 0 Å². The SMILES string of the molecule is O.O=[As]([O-])([O-])O.[Ca+2]. The molecule has 0 atom stereocenters. The second-order valence-corrected chi connectivity index (χ2v) is 2.43. The average molecular weight is 198 g/mol. The normalized spacial score (nSPS) is 8.43. The van der Waals surface area contributed by atoms with Crippen molar-refractivity contribution in [2.45, 2.75) is 0 Å². The summed E-state index contributed by atoms with van der Waals surface area (Å²) in [5, 5.41) is 0. The molecule has 5 nitrogen and oxygen atoms in total. The van der Waals surface area contributed by atoms with Crippen LogP contribution in [0.25, 0.3) is 0 Å². The first kappa shape index (κ1) is 15.8. The fourth-order valence-corrected chi connectivity index (χ4v) is 0. The Labute approximate surface area is 73.0 Å². The molecule has 0 saturated carbocycles. The minimum absolute atomic E-state index is 0. The number of hydrogen-bond donors (Lipinski definition) is 1. The standard InChI is InChI=1S/AsH3O4.Ca.H2O/c2-1(3,4)5;;/h(H3,2,3,4,5);;1H2/q;+2;/p-2. The summed E-state index contributed by atoms with van der Waals surface area (Å²) < 4.78 is 33.2. The van der Waals surface area contributed by atoms with Crippen LogP contribution in [0.5, 0.6) is 0 Å². The molecule has 0 rings (SSSR count). The molecule has 0 spiro atoms. The van der Waals surface area contributed by atoms with E-state index in [1.807, 2.05) is 0 Å². The van der Waals surface area contributed by atoms with Crippen molar-refractivity contribution in [2.24, 2.45) is 0 Å². The van der Waals surface area contributed by atoms with E-state index in [4.69, 9.17) is 16.0 Å². The Morgan fingerprint density at radius 2 is 1.43 bits per heavy atom. The van der Waals surface area contributed by atoms with Crippen molar-refractivity contribution < 1.29 is 21.5 Å². The van der Waals surface area contributed by atoms with Gasteiger partial charge < -0.3 is 5.48 Å². The first-order chi connectivity index (χ1) is 2.00. The zero-order valence-corrected chi connectivity index (χ0v) is 7.41. The monoisotopic (exact) mass is 198 g/mol. The van der Waals surface area contributed by atoms with Crippen LogP contribution in [0.3, 0.4) is 0 Å². The molecule has 0 heterocycles. The van der Waals surface area contributed by atoms with Crippen LogP contribution < -0.4 is 8.19 Å². The quantitative estimate of drug-likeness (QED) is 0.394. The molecule has 40 valence electrons. The maximum absolute atomic E-state index is 8.72. The molecule has 0 amide bonds. The zero-order valence-electron chi connectivity index (χ0n) is 3.33. The molecule has 0 aromatic carbocycles. The second-order valence-electron chi connectivity index (χ2n) is 0.469. The van der Waals surface area contributed by atoms with E-state index < -0.39 is 14.5 Å². The molecule has 0 aromatic heterocycles. The van der Waals surface area contributed by atoms with E-state index in [1.54, 1.807) is 0 Å². The predicted molar refractivity (Wildman–Crippen MR) is 18.0 cm³/mol. The van der Waals surface area contributed by atoms with Crippen LogP contribution >= 0.6 is 0 Å². The van der Waals surface area contributed by atoms with Crippen LogP contribution in [0, 0.1) is 0 Å². The third-order valence-electron chi connectivity index (χ3n) is 0. The average Bonchev–Trinajstić information content (AvgIpc) is 0.722. The van der Waals surface area contributed by atoms with E-state index in [0.717, 1.165) is 0 Å². The molecule has 0 aromatic rings. The van der Waals surface area contributed by atoms with Crippen LogP contribution in [0.4, 0.5) is 0 Å². The van der Waals surface area contributed by atoms with E-state index in [2.05, 4.69) is 0 Å². The topological polar surface area (TPSA) is 115 Å². The van der Waals surface area contributed by atoms with E-state index in [0.29, 0.717) is 0 Å². The maximum atomic E-state index is 8.72. The Morgan fingerprint density at radius 1 is 1.43 bits per heavy atom. The largest absolute Gasteiger partial charge is 2.00 e. The van der Waals surface area contributed by atoms with Crippen molar-refractivity contribution in [3.8, 4) is 0 Å². The second kappa shape index (κ2) is 5.59. The first-order valence-corrected chi connectivity index (χ1v) is 3.89. The Bertz CT molecular complexity index is 54.2. The van der Waals surface area contributed by atoms with Crippen LogP contribution in [0.2, 0.25) is 0 Å². The van der Waals surface area contributed by atoms with Gasteiger partial charge in [0.15, 0.2) is 0 Å². The fourth-order valence-electron chi connectivity index (χ4n) is 0. The Balaban J connectivity index is -0.0000000800.